The number of hydrogen-bond donors (Lipinski definition) is 2. The van der Waals surface area contributed by atoms with Crippen LogP contribution in [0.1, 0.15) is 36.8 Å². The average molecular weight is 219 g/mol. The predicted octanol–water partition coefficient (Wildman–Crippen LogP) is 2.98. The van der Waals surface area contributed by atoms with E-state index < -0.39 is 0 Å². The molecule has 0 saturated heterocycles. The normalized spacial score (nSPS) is 15.3. The van der Waals surface area contributed by atoms with Gasteiger partial charge < -0.3 is 10.4 Å². The van der Waals surface area contributed by atoms with Crippen molar-refractivity contribution in [3.05, 3.63) is 29.3 Å². The first-order chi connectivity index (χ1) is 7.77. The Balaban J connectivity index is 1.69. The molecule has 1 aliphatic rings. The van der Waals surface area contributed by atoms with E-state index in [0.717, 1.165) is 30.1 Å². The zero-order valence-electron chi connectivity index (χ0n) is 10.00. The second kappa shape index (κ2) is 5.35. The fraction of sp³-hybridized carbons (Fsp3) is 0.571. The molecular weight excluding hydrogens is 198 g/mol. The van der Waals surface area contributed by atoms with Crippen molar-refractivity contribution < 1.29 is 5.11 Å². The molecule has 0 heterocycles. The fourth-order valence-electron chi connectivity index (χ4n) is 2.01. The summed E-state index contributed by atoms with van der Waals surface area (Å²) in [5, 5.41) is 13.2. The molecule has 0 bridgehead atoms. The Bertz CT molecular complexity index is 345. The molecule has 1 saturated carbocycles. The van der Waals surface area contributed by atoms with Gasteiger partial charge in [0.05, 0.1) is 0 Å². The minimum Gasteiger partial charge on any atom is -0.507 e. The molecule has 0 aromatic heterocycles. The lowest BCUT2D eigenvalue weighted by Crippen LogP contribution is -2.15. The topological polar surface area (TPSA) is 32.3 Å². The molecule has 2 N–H and O–H groups in total. The van der Waals surface area contributed by atoms with Crippen molar-refractivity contribution in [1.29, 1.82) is 0 Å². The molecule has 1 fully saturated rings. The van der Waals surface area contributed by atoms with Crippen molar-refractivity contribution in [1.82, 2.24) is 5.32 Å². The standard InChI is InChI=1S/C14H21NO/c1-11-4-2-6-13(14(11)16)10-15-9-3-5-12-7-8-12/h2,4,6,12,15-16H,3,5,7-10H2,1H3. The van der Waals surface area contributed by atoms with Crippen molar-refractivity contribution in [2.75, 3.05) is 6.54 Å². The first-order valence-electron chi connectivity index (χ1n) is 6.25. The lowest BCUT2D eigenvalue weighted by atomic mass is 10.1. The molecule has 1 aromatic carbocycles. The second-order valence-electron chi connectivity index (χ2n) is 4.85. The van der Waals surface area contributed by atoms with E-state index in [4.69, 9.17) is 0 Å². The molecule has 2 nitrogen and oxygen atoms in total. The maximum atomic E-state index is 9.81. The van der Waals surface area contributed by atoms with Crippen molar-refractivity contribution in [2.45, 2.75) is 39.2 Å². The molecule has 0 aliphatic heterocycles. The number of benzene rings is 1. The van der Waals surface area contributed by atoms with Gasteiger partial charge in [0.1, 0.15) is 5.75 Å². The summed E-state index contributed by atoms with van der Waals surface area (Å²) in [6.07, 6.45) is 5.52. The summed E-state index contributed by atoms with van der Waals surface area (Å²) in [5.74, 6) is 1.46. The van der Waals surface area contributed by atoms with Gasteiger partial charge in [-0.15, -0.1) is 0 Å². The van der Waals surface area contributed by atoms with E-state index in [1.54, 1.807) is 0 Å². The zero-order chi connectivity index (χ0) is 11.4. The van der Waals surface area contributed by atoms with Crippen LogP contribution in [0, 0.1) is 12.8 Å². The first-order valence-corrected chi connectivity index (χ1v) is 6.25. The summed E-state index contributed by atoms with van der Waals surface area (Å²) in [5.41, 5.74) is 1.96. The Morgan fingerprint density at radius 3 is 2.94 bits per heavy atom. The van der Waals surface area contributed by atoms with Gasteiger partial charge in [0.15, 0.2) is 0 Å². The van der Waals surface area contributed by atoms with Crippen LogP contribution in [-0.2, 0) is 6.54 Å². The van der Waals surface area contributed by atoms with Crippen LogP contribution in [0.4, 0.5) is 0 Å². The van der Waals surface area contributed by atoms with Gasteiger partial charge >= 0.3 is 0 Å². The summed E-state index contributed by atoms with van der Waals surface area (Å²) in [7, 11) is 0. The highest BCUT2D eigenvalue weighted by molar-refractivity contribution is 5.39. The Morgan fingerprint density at radius 2 is 2.19 bits per heavy atom. The average Bonchev–Trinajstić information content (AvgIpc) is 3.07. The van der Waals surface area contributed by atoms with Gasteiger partial charge in [-0.05, 0) is 37.8 Å². The Morgan fingerprint density at radius 1 is 1.38 bits per heavy atom. The largest absolute Gasteiger partial charge is 0.507 e. The van der Waals surface area contributed by atoms with Crippen LogP contribution in [0.2, 0.25) is 0 Å². The number of phenols is 1. The van der Waals surface area contributed by atoms with E-state index in [9.17, 15) is 5.11 Å². The monoisotopic (exact) mass is 219 g/mol. The van der Waals surface area contributed by atoms with Crippen LogP contribution in [0.15, 0.2) is 18.2 Å². The third-order valence-electron chi connectivity index (χ3n) is 3.30. The molecule has 0 amide bonds. The van der Waals surface area contributed by atoms with Gasteiger partial charge in [-0.25, -0.2) is 0 Å². The summed E-state index contributed by atoms with van der Waals surface area (Å²) in [4.78, 5) is 0. The fourth-order valence-corrected chi connectivity index (χ4v) is 2.01. The van der Waals surface area contributed by atoms with Crippen LogP contribution in [0.5, 0.6) is 5.75 Å². The minimum absolute atomic E-state index is 0.442. The predicted molar refractivity (Wildman–Crippen MR) is 66.5 cm³/mol. The molecule has 1 aliphatic carbocycles. The molecular formula is C14H21NO. The summed E-state index contributed by atoms with van der Waals surface area (Å²) < 4.78 is 0. The molecule has 16 heavy (non-hydrogen) atoms. The number of rotatable bonds is 6. The second-order valence-corrected chi connectivity index (χ2v) is 4.85. The van der Waals surface area contributed by atoms with E-state index in [1.807, 2.05) is 25.1 Å². The van der Waals surface area contributed by atoms with Crippen LogP contribution in [0.3, 0.4) is 0 Å². The highest BCUT2D eigenvalue weighted by atomic mass is 16.3. The Hall–Kier alpha value is -1.02. The lowest BCUT2D eigenvalue weighted by Gasteiger charge is -2.08. The zero-order valence-corrected chi connectivity index (χ0v) is 10.00. The maximum absolute atomic E-state index is 9.81. The molecule has 0 radical (unpaired) electrons. The van der Waals surface area contributed by atoms with E-state index in [1.165, 1.54) is 25.7 Å². The smallest absolute Gasteiger partial charge is 0.122 e. The summed E-state index contributed by atoms with van der Waals surface area (Å²) in [6.45, 7) is 3.77. The van der Waals surface area contributed by atoms with Gasteiger partial charge in [0.2, 0.25) is 0 Å². The summed E-state index contributed by atoms with van der Waals surface area (Å²) >= 11 is 0. The highest BCUT2D eigenvalue weighted by Gasteiger charge is 2.19. The van der Waals surface area contributed by atoms with E-state index >= 15 is 0 Å². The van der Waals surface area contributed by atoms with Crippen molar-refractivity contribution in [3.8, 4) is 5.75 Å². The third-order valence-corrected chi connectivity index (χ3v) is 3.30. The van der Waals surface area contributed by atoms with Crippen molar-refractivity contribution in [2.24, 2.45) is 5.92 Å². The van der Waals surface area contributed by atoms with Crippen LogP contribution in [0.25, 0.3) is 0 Å². The van der Waals surface area contributed by atoms with Gasteiger partial charge in [-0.3, -0.25) is 0 Å². The molecule has 2 heteroatoms. The third kappa shape index (κ3) is 3.24. The molecule has 88 valence electrons. The first kappa shape index (κ1) is 11.5. The number of phenolic OH excluding ortho intramolecular Hbond substituents is 1. The van der Waals surface area contributed by atoms with Crippen molar-refractivity contribution >= 4 is 0 Å². The molecule has 2 rings (SSSR count). The highest BCUT2D eigenvalue weighted by Crippen LogP contribution is 2.33. The van der Waals surface area contributed by atoms with Crippen LogP contribution >= 0.6 is 0 Å². The van der Waals surface area contributed by atoms with E-state index in [0.29, 0.717) is 5.75 Å². The molecule has 0 spiro atoms. The van der Waals surface area contributed by atoms with Gasteiger partial charge in [-0.2, -0.15) is 0 Å². The summed E-state index contributed by atoms with van der Waals surface area (Å²) in [6, 6.07) is 5.92. The van der Waals surface area contributed by atoms with E-state index in [-0.39, 0.29) is 0 Å². The molecule has 1 aromatic rings. The number of nitrogens with one attached hydrogen (secondary N) is 1. The molecule has 0 atom stereocenters. The number of aryl methyl sites for hydroxylation is 1. The quantitative estimate of drug-likeness (QED) is 0.721. The van der Waals surface area contributed by atoms with Gasteiger partial charge in [0.25, 0.3) is 0 Å². The van der Waals surface area contributed by atoms with Gasteiger partial charge in [-0.1, -0.05) is 31.0 Å². The number of aromatic hydroxyl groups is 1. The number of para-hydroxylation sites is 1. The molecule has 0 unspecified atom stereocenters. The van der Waals surface area contributed by atoms with Crippen molar-refractivity contribution in [3.63, 3.8) is 0 Å². The lowest BCUT2D eigenvalue weighted by molar-refractivity contribution is 0.459. The Kier molecular flexibility index (Phi) is 3.83. The Labute approximate surface area is 97.7 Å². The maximum Gasteiger partial charge on any atom is 0.122 e. The van der Waals surface area contributed by atoms with Crippen LogP contribution in [-0.4, -0.2) is 11.7 Å². The minimum atomic E-state index is 0.442. The SMILES string of the molecule is Cc1cccc(CNCCCC2CC2)c1O. The number of hydrogen-bond acceptors (Lipinski definition) is 2. The van der Waals surface area contributed by atoms with E-state index in [2.05, 4.69) is 5.32 Å². The van der Waals surface area contributed by atoms with Crippen LogP contribution < -0.4 is 5.32 Å². The van der Waals surface area contributed by atoms with Gasteiger partial charge in [0, 0.05) is 12.1 Å².